The predicted octanol–water partition coefficient (Wildman–Crippen LogP) is 1.02. The molecule has 0 fully saturated rings. The molecule has 0 saturated carbocycles. The molecule has 1 N–H and O–H groups in total. The maximum absolute atomic E-state index is 10.6. The van der Waals surface area contributed by atoms with E-state index in [4.69, 9.17) is 4.52 Å². The van der Waals surface area contributed by atoms with Crippen molar-refractivity contribution in [2.45, 2.75) is 6.42 Å². The molecule has 0 aliphatic rings. The van der Waals surface area contributed by atoms with E-state index in [9.17, 15) is 4.79 Å². The lowest BCUT2D eigenvalue weighted by Crippen LogP contribution is -2.00. The predicted molar refractivity (Wildman–Crippen MR) is 44.2 cm³/mol. The van der Waals surface area contributed by atoms with Gasteiger partial charge in [-0.1, -0.05) is 6.07 Å². The first-order valence-electron chi connectivity index (χ1n) is 3.41. The monoisotopic (exact) mass is 182 g/mol. The van der Waals surface area contributed by atoms with Crippen LogP contribution in [-0.2, 0) is 6.42 Å². The Morgan fingerprint density at radius 3 is 3.17 bits per heavy atom. The average Bonchev–Trinajstić information content (AvgIpc) is 2.63. The molecule has 2 aromatic heterocycles. The molecule has 4 nitrogen and oxygen atoms in total. The van der Waals surface area contributed by atoms with Crippen LogP contribution >= 0.6 is 11.3 Å². The van der Waals surface area contributed by atoms with Gasteiger partial charge in [-0.3, -0.25) is 0 Å². The second-order valence-electron chi connectivity index (χ2n) is 2.27. The number of aromatic nitrogens is 2. The van der Waals surface area contributed by atoms with Crippen LogP contribution in [0.15, 0.2) is 26.8 Å². The fourth-order valence-electron chi connectivity index (χ4n) is 0.899. The van der Waals surface area contributed by atoms with Gasteiger partial charge in [-0.2, -0.15) is 10.1 Å². The summed E-state index contributed by atoms with van der Waals surface area (Å²) in [6.07, 6.45) is 0.580. The molecule has 0 saturated heterocycles. The SMILES string of the molecule is O=c1nc(Cc2cccs2)o[nH]1. The highest BCUT2D eigenvalue weighted by atomic mass is 32.1. The van der Waals surface area contributed by atoms with Crippen molar-refractivity contribution in [1.29, 1.82) is 0 Å². The van der Waals surface area contributed by atoms with Crippen molar-refractivity contribution in [1.82, 2.24) is 10.1 Å². The van der Waals surface area contributed by atoms with Crippen molar-refractivity contribution in [2.24, 2.45) is 0 Å². The summed E-state index contributed by atoms with van der Waals surface area (Å²) in [7, 11) is 0. The second kappa shape index (κ2) is 2.94. The van der Waals surface area contributed by atoms with Crippen LogP contribution in [-0.4, -0.2) is 10.1 Å². The highest BCUT2D eigenvalue weighted by Crippen LogP contribution is 2.11. The third-order valence-corrected chi connectivity index (χ3v) is 2.26. The lowest BCUT2D eigenvalue weighted by atomic mass is 10.3. The van der Waals surface area contributed by atoms with Gasteiger partial charge in [0.25, 0.3) is 0 Å². The van der Waals surface area contributed by atoms with Gasteiger partial charge in [-0.05, 0) is 11.4 Å². The van der Waals surface area contributed by atoms with Crippen LogP contribution in [0.5, 0.6) is 0 Å². The Kier molecular flexibility index (Phi) is 1.79. The van der Waals surface area contributed by atoms with Crippen LogP contribution in [0.3, 0.4) is 0 Å². The third-order valence-electron chi connectivity index (χ3n) is 1.39. The van der Waals surface area contributed by atoms with Gasteiger partial charge in [0.2, 0.25) is 5.89 Å². The van der Waals surface area contributed by atoms with E-state index in [1.807, 2.05) is 17.5 Å². The smallest absolute Gasteiger partial charge is 0.362 e. The lowest BCUT2D eigenvalue weighted by molar-refractivity contribution is 0.381. The van der Waals surface area contributed by atoms with Crippen molar-refractivity contribution in [3.05, 3.63) is 38.8 Å². The fraction of sp³-hybridized carbons (Fsp3) is 0.143. The molecule has 0 atom stereocenters. The van der Waals surface area contributed by atoms with E-state index in [2.05, 4.69) is 10.1 Å². The maximum Gasteiger partial charge on any atom is 0.377 e. The zero-order valence-electron chi connectivity index (χ0n) is 6.11. The van der Waals surface area contributed by atoms with Crippen LogP contribution in [0.25, 0.3) is 0 Å². The minimum atomic E-state index is -0.429. The van der Waals surface area contributed by atoms with Gasteiger partial charge >= 0.3 is 5.69 Å². The summed E-state index contributed by atoms with van der Waals surface area (Å²) in [6.45, 7) is 0. The van der Waals surface area contributed by atoms with Gasteiger partial charge < -0.3 is 4.52 Å². The average molecular weight is 182 g/mol. The molecule has 0 aliphatic carbocycles. The van der Waals surface area contributed by atoms with E-state index >= 15 is 0 Å². The number of nitrogens with zero attached hydrogens (tertiary/aromatic N) is 1. The maximum atomic E-state index is 10.6. The molecule has 0 spiro atoms. The molecule has 0 bridgehead atoms. The van der Waals surface area contributed by atoms with Crippen molar-refractivity contribution < 1.29 is 4.52 Å². The summed E-state index contributed by atoms with van der Waals surface area (Å²) in [5, 5.41) is 4.12. The van der Waals surface area contributed by atoms with E-state index in [0.29, 0.717) is 12.3 Å². The normalized spacial score (nSPS) is 10.3. The fourth-order valence-corrected chi connectivity index (χ4v) is 1.60. The van der Waals surface area contributed by atoms with Gasteiger partial charge in [0.05, 0.1) is 6.42 Å². The molecule has 0 amide bonds. The van der Waals surface area contributed by atoms with Gasteiger partial charge in [0.15, 0.2) is 0 Å². The molecule has 0 aromatic carbocycles. The number of H-pyrrole nitrogens is 1. The largest absolute Gasteiger partial charge is 0.377 e. The quantitative estimate of drug-likeness (QED) is 0.754. The zero-order valence-corrected chi connectivity index (χ0v) is 6.93. The topological polar surface area (TPSA) is 58.9 Å². The minimum Gasteiger partial charge on any atom is -0.362 e. The Bertz CT molecular complexity index is 401. The molecule has 2 heterocycles. The molecule has 5 heteroatoms. The lowest BCUT2D eigenvalue weighted by Gasteiger charge is -1.86. The molecule has 62 valence electrons. The van der Waals surface area contributed by atoms with Gasteiger partial charge in [0, 0.05) is 4.88 Å². The number of thiophene rings is 1. The van der Waals surface area contributed by atoms with Crippen molar-refractivity contribution >= 4 is 11.3 Å². The summed E-state index contributed by atoms with van der Waals surface area (Å²) in [6, 6.07) is 3.92. The van der Waals surface area contributed by atoms with E-state index < -0.39 is 5.69 Å². The molecule has 2 rings (SSSR count). The van der Waals surface area contributed by atoms with E-state index in [-0.39, 0.29) is 0 Å². The summed E-state index contributed by atoms with van der Waals surface area (Å²) in [5.74, 6) is 0.433. The standard InChI is InChI=1S/C7H6N2O2S/c10-7-8-6(11-9-7)4-5-2-1-3-12-5/h1-3H,4H2,(H,9,10). The first-order valence-corrected chi connectivity index (χ1v) is 4.29. The number of nitrogens with one attached hydrogen (secondary N) is 1. The molecular formula is C7H6N2O2S. The summed E-state index contributed by atoms with van der Waals surface area (Å²) >= 11 is 1.61. The second-order valence-corrected chi connectivity index (χ2v) is 3.30. The minimum absolute atomic E-state index is 0.429. The van der Waals surface area contributed by atoms with Crippen LogP contribution in [0.2, 0.25) is 0 Å². The third kappa shape index (κ3) is 1.45. The number of aromatic amines is 1. The molecule has 0 radical (unpaired) electrons. The first-order chi connectivity index (χ1) is 5.84. The number of hydrogen-bond donors (Lipinski definition) is 1. The van der Waals surface area contributed by atoms with Gasteiger partial charge in [0.1, 0.15) is 0 Å². The molecular weight excluding hydrogens is 176 g/mol. The first kappa shape index (κ1) is 7.30. The van der Waals surface area contributed by atoms with Crippen LogP contribution in [0.1, 0.15) is 10.8 Å². The zero-order chi connectivity index (χ0) is 8.39. The number of hydrogen-bond acceptors (Lipinski definition) is 4. The van der Waals surface area contributed by atoms with Crippen LogP contribution in [0.4, 0.5) is 0 Å². The van der Waals surface area contributed by atoms with E-state index in [1.165, 1.54) is 0 Å². The van der Waals surface area contributed by atoms with Crippen molar-refractivity contribution in [3.8, 4) is 0 Å². The Morgan fingerprint density at radius 1 is 1.67 bits per heavy atom. The number of rotatable bonds is 2. The van der Waals surface area contributed by atoms with Crippen molar-refractivity contribution in [2.75, 3.05) is 0 Å². The highest BCUT2D eigenvalue weighted by Gasteiger charge is 2.02. The van der Waals surface area contributed by atoms with Crippen LogP contribution in [0, 0.1) is 0 Å². The van der Waals surface area contributed by atoms with Gasteiger partial charge in [-0.15, -0.1) is 11.3 Å². The Balaban J connectivity index is 2.19. The summed E-state index contributed by atoms with van der Waals surface area (Å²) in [4.78, 5) is 15.3. The molecule has 12 heavy (non-hydrogen) atoms. The summed E-state index contributed by atoms with van der Waals surface area (Å²) in [5.41, 5.74) is -0.429. The van der Waals surface area contributed by atoms with Crippen molar-refractivity contribution in [3.63, 3.8) is 0 Å². The summed E-state index contributed by atoms with van der Waals surface area (Å²) < 4.78 is 4.80. The van der Waals surface area contributed by atoms with E-state index in [1.54, 1.807) is 11.3 Å². The molecule has 0 unspecified atom stereocenters. The Labute approximate surface area is 71.8 Å². The van der Waals surface area contributed by atoms with E-state index in [0.717, 1.165) is 4.88 Å². The highest BCUT2D eigenvalue weighted by molar-refractivity contribution is 7.09. The van der Waals surface area contributed by atoms with Crippen LogP contribution < -0.4 is 5.69 Å². The Hall–Kier alpha value is -1.36. The van der Waals surface area contributed by atoms with Gasteiger partial charge in [-0.25, -0.2) is 4.79 Å². The molecule has 0 aliphatic heterocycles. The molecule has 2 aromatic rings. The Morgan fingerprint density at radius 2 is 2.58 bits per heavy atom.